The number of hydrogen-bond acceptors (Lipinski definition) is 0. The number of rotatable bonds is 2. The van der Waals surface area contributed by atoms with Crippen LogP contribution in [0, 0.1) is 0 Å². The average molecular weight is 273 g/mol. The van der Waals surface area contributed by atoms with Crippen LogP contribution in [0.3, 0.4) is 0 Å². The molecule has 0 unspecified atom stereocenters. The summed E-state index contributed by atoms with van der Waals surface area (Å²) in [4.78, 5) is 0. The van der Waals surface area contributed by atoms with E-state index in [1.54, 1.807) is 9.09 Å². The van der Waals surface area contributed by atoms with Crippen molar-refractivity contribution in [3.63, 3.8) is 0 Å². The molecule has 0 radical (unpaired) electrons. The molecule has 96 valence electrons. The van der Waals surface area contributed by atoms with E-state index in [1.165, 1.54) is 51.4 Å². The molecular weight excluding hydrogens is 251 g/mol. The third-order valence-corrected chi connectivity index (χ3v) is 4.51. The van der Waals surface area contributed by atoms with Crippen molar-refractivity contribution in [2.75, 3.05) is 0 Å². The Morgan fingerprint density at radius 1 is 0.588 bits per heavy atom. The normalized spacial score (nSPS) is 22.1. The van der Waals surface area contributed by atoms with Gasteiger partial charge in [-0.15, -0.1) is 0 Å². The molecule has 0 heterocycles. The molecule has 0 saturated heterocycles. The fourth-order valence-electron chi connectivity index (χ4n) is 2.03. The minimum absolute atomic E-state index is 1.22. The first kappa shape index (κ1) is 12.9. The predicted octanol–water partition coefficient (Wildman–Crippen LogP) is 5.10. The molecule has 0 amide bonds. The third kappa shape index (κ3) is 5.08. The topological polar surface area (TPSA) is 0 Å². The van der Waals surface area contributed by atoms with Crippen LogP contribution in [0.2, 0.25) is 0 Å². The van der Waals surface area contributed by atoms with Gasteiger partial charge in [-0.3, -0.25) is 0 Å². The van der Waals surface area contributed by atoms with Gasteiger partial charge in [-0.05, 0) is 0 Å². The van der Waals surface area contributed by atoms with Crippen LogP contribution in [-0.2, 0) is 14.4 Å². The second kappa shape index (κ2) is 7.72. The minimum atomic E-state index is 1.22. The number of hydrogen-bond donors (Lipinski definition) is 0. The van der Waals surface area contributed by atoms with E-state index in [0.29, 0.717) is 0 Å². The van der Waals surface area contributed by atoms with Gasteiger partial charge in [0.2, 0.25) is 0 Å². The summed E-state index contributed by atoms with van der Waals surface area (Å²) in [7, 11) is 0. The molecule has 2 aliphatic carbocycles. The quantitative estimate of drug-likeness (QED) is 0.485. The van der Waals surface area contributed by atoms with Crippen LogP contribution in [0.5, 0.6) is 0 Å². The molecular formula is C16H22Ni. The molecule has 0 fully saturated rings. The molecule has 2 aliphatic rings. The fraction of sp³-hybridized carbons (Fsp3) is 0.500. The summed E-state index contributed by atoms with van der Waals surface area (Å²) in [5, 5.41) is 0. The standard InChI is InChI=1S/2C8H11.Ni/c2*1-2-4-6-8-7-5-3-1;/h2*1-2,7H,3-6H2;. The van der Waals surface area contributed by atoms with Gasteiger partial charge >= 0.3 is 111 Å². The summed E-state index contributed by atoms with van der Waals surface area (Å²) in [5.74, 6) is 0. The average Bonchev–Trinajstić information content (AvgIpc) is 2.24. The van der Waals surface area contributed by atoms with E-state index in [9.17, 15) is 0 Å². The van der Waals surface area contributed by atoms with Crippen LogP contribution in [0.15, 0.2) is 45.5 Å². The monoisotopic (exact) mass is 272 g/mol. The fourth-order valence-corrected chi connectivity index (χ4v) is 3.45. The first-order valence-corrected chi connectivity index (χ1v) is 7.70. The summed E-state index contributed by atoms with van der Waals surface area (Å²) in [6.07, 6.45) is 24.0. The van der Waals surface area contributed by atoms with Gasteiger partial charge in [-0.25, -0.2) is 0 Å². The predicted molar refractivity (Wildman–Crippen MR) is 71.4 cm³/mol. The van der Waals surface area contributed by atoms with E-state index >= 15 is 0 Å². The second-order valence-corrected chi connectivity index (χ2v) is 5.99. The summed E-state index contributed by atoms with van der Waals surface area (Å²) in [6.45, 7) is 0. The second-order valence-electron chi connectivity index (χ2n) is 4.48. The van der Waals surface area contributed by atoms with Crippen molar-refractivity contribution in [2.45, 2.75) is 51.4 Å². The zero-order chi connectivity index (χ0) is 11.8. The van der Waals surface area contributed by atoms with Crippen molar-refractivity contribution in [1.82, 2.24) is 0 Å². The molecule has 0 spiro atoms. The first-order chi connectivity index (χ1) is 8.45. The Morgan fingerprint density at radius 3 is 1.59 bits per heavy atom. The molecule has 0 bridgehead atoms. The van der Waals surface area contributed by atoms with Crippen molar-refractivity contribution in [2.24, 2.45) is 0 Å². The van der Waals surface area contributed by atoms with Gasteiger partial charge in [0.15, 0.2) is 0 Å². The Labute approximate surface area is 111 Å². The van der Waals surface area contributed by atoms with Crippen LogP contribution in [0.1, 0.15) is 51.4 Å². The van der Waals surface area contributed by atoms with Gasteiger partial charge in [0, 0.05) is 0 Å². The third-order valence-electron chi connectivity index (χ3n) is 2.98. The maximum absolute atomic E-state index is 2.46. The maximum atomic E-state index is 2.46. The van der Waals surface area contributed by atoms with Crippen LogP contribution < -0.4 is 0 Å². The molecule has 0 aromatic heterocycles. The molecule has 0 nitrogen and oxygen atoms in total. The van der Waals surface area contributed by atoms with Gasteiger partial charge in [0.25, 0.3) is 0 Å². The Balaban J connectivity index is 1.89. The van der Waals surface area contributed by atoms with Gasteiger partial charge in [-0.1, -0.05) is 0 Å². The number of allylic oxidation sites excluding steroid dienone is 8. The Hall–Kier alpha value is -0.546. The van der Waals surface area contributed by atoms with Crippen LogP contribution >= 0.6 is 0 Å². The van der Waals surface area contributed by atoms with Crippen molar-refractivity contribution in [3.8, 4) is 0 Å². The molecule has 2 rings (SSSR count). The summed E-state index contributed by atoms with van der Waals surface area (Å²) in [6, 6.07) is 0. The molecule has 0 saturated carbocycles. The van der Waals surface area contributed by atoms with Crippen LogP contribution in [-0.4, -0.2) is 0 Å². The SMILES string of the molecule is C1=CCC[C]([Ni][C]2=CCCC=CCC2)=CCC1. The Bertz CT molecular complexity index is 311. The van der Waals surface area contributed by atoms with Crippen molar-refractivity contribution in [3.05, 3.63) is 45.5 Å². The molecule has 1 heteroatoms. The van der Waals surface area contributed by atoms with Gasteiger partial charge in [0.05, 0.1) is 0 Å². The molecule has 0 atom stereocenters. The van der Waals surface area contributed by atoms with Crippen molar-refractivity contribution < 1.29 is 14.4 Å². The molecule has 0 aliphatic heterocycles. The van der Waals surface area contributed by atoms with E-state index in [-0.39, 0.29) is 0 Å². The first-order valence-electron chi connectivity index (χ1n) is 6.72. The van der Waals surface area contributed by atoms with Gasteiger partial charge in [-0.2, -0.15) is 0 Å². The zero-order valence-corrected chi connectivity index (χ0v) is 11.4. The van der Waals surface area contributed by atoms with E-state index in [0.717, 1.165) is 0 Å². The molecule has 0 aromatic carbocycles. The van der Waals surface area contributed by atoms with E-state index < -0.39 is 0 Å². The summed E-state index contributed by atoms with van der Waals surface area (Å²) >= 11 is 1.84. The van der Waals surface area contributed by atoms with Gasteiger partial charge < -0.3 is 0 Å². The Morgan fingerprint density at radius 2 is 1.06 bits per heavy atom. The molecule has 0 N–H and O–H groups in total. The summed E-state index contributed by atoms with van der Waals surface area (Å²) in [5.41, 5.74) is 0. The van der Waals surface area contributed by atoms with Crippen molar-refractivity contribution >= 4 is 0 Å². The summed E-state index contributed by atoms with van der Waals surface area (Å²) < 4.78 is 3.22. The van der Waals surface area contributed by atoms with E-state index in [1.807, 2.05) is 14.4 Å². The molecule has 17 heavy (non-hydrogen) atoms. The van der Waals surface area contributed by atoms with Gasteiger partial charge in [0.1, 0.15) is 0 Å². The van der Waals surface area contributed by atoms with E-state index in [4.69, 9.17) is 0 Å². The van der Waals surface area contributed by atoms with Crippen LogP contribution in [0.4, 0.5) is 0 Å². The van der Waals surface area contributed by atoms with Crippen LogP contribution in [0.25, 0.3) is 0 Å². The van der Waals surface area contributed by atoms with E-state index in [2.05, 4.69) is 36.5 Å². The Kier molecular flexibility index (Phi) is 5.86. The van der Waals surface area contributed by atoms with Crippen molar-refractivity contribution in [1.29, 1.82) is 0 Å². The zero-order valence-electron chi connectivity index (χ0n) is 10.4. The molecule has 0 aromatic rings.